The Morgan fingerprint density at radius 1 is 1.19 bits per heavy atom. The maximum Gasteiger partial charge on any atom is 0.0698 e. The summed E-state index contributed by atoms with van der Waals surface area (Å²) in [6, 6.07) is 8.72. The molecule has 1 heterocycles. The average Bonchev–Trinajstić information content (AvgIpc) is 2.83. The summed E-state index contributed by atoms with van der Waals surface area (Å²) in [4.78, 5) is 0. The highest BCUT2D eigenvalue weighted by molar-refractivity contribution is 5.80. The first-order valence-electron chi connectivity index (χ1n) is 7.51. The van der Waals surface area contributed by atoms with Gasteiger partial charge in [0.25, 0.3) is 0 Å². The number of benzene rings is 1. The molecule has 2 rings (SSSR count). The maximum absolute atomic E-state index is 8.70. The third-order valence-corrected chi connectivity index (χ3v) is 3.37. The van der Waals surface area contributed by atoms with E-state index in [1.807, 2.05) is 0 Å². The Morgan fingerprint density at radius 3 is 2.71 bits per heavy atom. The van der Waals surface area contributed by atoms with E-state index < -0.39 is 0 Å². The number of rotatable bonds is 7. The molecular weight excluding hydrogens is 264 g/mol. The van der Waals surface area contributed by atoms with E-state index in [1.54, 1.807) is 0 Å². The second-order valence-electron chi connectivity index (χ2n) is 6.34. The maximum atomic E-state index is 8.70. The van der Waals surface area contributed by atoms with Crippen molar-refractivity contribution in [1.29, 1.82) is 0 Å². The lowest BCUT2D eigenvalue weighted by molar-refractivity contribution is 0.0875. The van der Waals surface area contributed by atoms with Crippen LogP contribution in [0.15, 0.2) is 30.5 Å². The summed E-state index contributed by atoms with van der Waals surface area (Å²) in [6.45, 7) is 9.32. The van der Waals surface area contributed by atoms with Crippen LogP contribution in [0.3, 0.4) is 0 Å². The van der Waals surface area contributed by atoms with Crippen molar-refractivity contribution in [3.63, 3.8) is 0 Å². The second kappa shape index (κ2) is 7.07. The highest BCUT2D eigenvalue weighted by Crippen LogP contribution is 2.18. The van der Waals surface area contributed by atoms with E-state index in [4.69, 9.17) is 9.84 Å². The van der Waals surface area contributed by atoms with Crippen LogP contribution in [0, 0.1) is 0 Å². The topological polar surface area (TPSA) is 46.4 Å². The molecule has 0 unspecified atom stereocenters. The fourth-order valence-corrected chi connectivity index (χ4v) is 2.25. The van der Waals surface area contributed by atoms with E-state index in [1.165, 1.54) is 16.5 Å². The van der Waals surface area contributed by atoms with Gasteiger partial charge in [0.05, 0.1) is 19.8 Å². The number of hydrogen-bond donors (Lipinski definition) is 2. The lowest BCUT2D eigenvalue weighted by Crippen LogP contribution is -2.35. The molecule has 0 amide bonds. The molecule has 4 nitrogen and oxygen atoms in total. The molecule has 0 saturated heterocycles. The smallest absolute Gasteiger partial charge is 0.0698 e. The van der Waals surface area contributed by atoms with Crippen LogP contribution < -0.4 is 5.32 Å². The van der Waals surface area contributed by atoms with Crippen LogP contribution >= 0.6 is 0 Å². The second-order valence-corrected chi connectivity index (χ2v) is 6.34. The molecule has 0 saturated carbocycles. The minimum atomic E-state index is 0.0799. The summed E-state index contributed by atoms with van der Waals surface area (Å²) in [7, 11) is 0. The quantitative estimate of drug-likeness (QED) is 0.770. The minimum Gasteiger partial charge on any atom is -0.394 e. The first-order valence-corrected chi connectivity index (χ1v) is 7.51. The molecule has 0 atom stereocenters. The minimum absolute atomic E-state index is 0.0799. The predicted molar refractivity (Wildman–Crippen MR) is 86.4 cm³/mol. The molecule has 0 spiro atoms. The number of aromatic nitrogens is 1. The molecule has 21 heavy (non-hydrogen) atoms. The molecule has 1 aromatic heterocycles. The highest BCUT2D eigenvalue weighted by Gasteiger charge is 2.09. The van der Waals surface area contributed by atoms with E-state index in [0.717, 1.165) is 13.1 Å². The van der Waals surface area contributed by atoms with Crippen molar-refractivity contribution < 1.29 is 9.84 Å². The molecule has 4 heteroatoms. The molecule has 0 aliphatic heterocycles. The predicted octanol–water partition coefficient (Wildman–Crippen LogP) is 2.54. The van der Waals surface area contributed by atoms with Gasteiger partial charge in [-0.05, 0) is 49.9 Å². The molecule has 0 aliphatic carbocycles. The number of fused-ring (bicyclic) bond motifs is 1. The summed E-state index contributed by atoms with van der Waals surface area (Å²) in [6.07, 6.45) is 2.09. The third-order valence-electron chi connectivity index (χ3n) is 3.37. The highest BCUT2D eigenvalue weighted by atomic mass is 16.5. The Morgan fingerprint density at radius 2 is 2.00 bits per heavy atom. The van der Waals surface area contributed by atoms with Gasteiger partial charge in [0, 0.05) is 30.3 Å². The van der Waals surface area contributed by atoms with Crippen LogP contribution in [0.2, 0.25) is 0 Å². The molecule has 0 bridgehead atoms. The summed E-state index contributed by atoms with van der Waals surface area (Å²) < 4.78 is 7.51. The Labute approximate surface area is 126 Å². The van der Waals surface area contributed by atoms with Crippen LogP contribution in [0.5, 0.6) is 0 Å². The van der Waals surface area contributed by atoms with Crippen molar-refractivity contribution in [3.8, 4) is 0 Å². The largest absolute Gasteiger partial charge is 0.394 e. The van der Waals surface area contributed by atoms with Crippen molar-refractivity contribution in [3.05, 3.63) is 36.0 Å². The van der Waals surface area contributed by atoms with Gasteiger partial charge >= 0.3 is 0 Å². The third kappa shape index (κ3) is 4.84. The number of aliphatic hydroxyl groups excluding tert-OH is 1. The first kappa shape index (κ1) is 16.0. The van der Waals surface area contributed by atoms with E-state index >= 15 is 0 Å². The van der Waals surface area contributed by atoms with Crippen LogP contribution in [-0.2, 0) is 17.8 Å². The Bertz CT molecular complexity index is 570. The average molecular weight is 290 g/mol. The number of hydrogen-bond acceptors (Lipinski definition) is 3. The van der Waals surface area contributed by atoms with Gasteiger partial charge in [-0.3, -0.25) is 0 Å². The van der Waals surface area contributed by atoms with Crippen LogP contribution in [0.1, 0.15) is 26.3 Å². The van der Waals surface area contributed by atoms with E-state index in [2.05, 4.69) is 61.1 Å². The van der Waals surface area contributed by atoms with Crippen LogP contribution in [0.4, 0.5) is 0 Å². The standard InChI is InChI=1S/C17H26N2O2/c1-17(2,3)18-13-14-4-5-16-15(12-14)6-7-19(16)8-10-21-11-9-20/h4-7,12,18,20H,8-11,13H2,1-3H3. The van der Waals surface area contributed by atoms with E-state index in [-0.39, 0.29) is 12.1 Å². The molecule has 1 aromatic carbocycles. The zero-order chi connectivity index (χ0) is 15.3. The number of ether oxygens (including phenoxy) is 1. The van der Waals surface area contributed by atoms with Gasteiger partial charge in [-0.15, -0.1) is 0 Å². The SMILES string of the molecule is CC(C)(C)NCc1ccc2c(ccn2CCOCCO)c1. The van der Waals surface area contributed by atoms with Gasteiger partial charge in [0.1, 0.15) is 0 Å². The Balaban J connectivity index is 2.01. The van der Waals surface area contributed by atoms with Crippen molar-refractivity contribution in [2.45, 2.75) is 39.4 Å². The molecule has 0 aliphatic rings. The number of aliphatic hydroxyl groups is 1. The van der Waals surface area contributed by atoms with Crippen LogP contribution in [-0.4, -0.2) is 35.0 Å². The van der Waals surface area contributed by atoms with Gasteiger partial charge in [-0.2, -0.15) is 0 Å². The first-order chi connectivity index (χ1) is 9.99. The normalized spacial score (nSPS) is 12.2. The lowest BCUT2D eigenvalue weighted by Gasteiger charge is -2.20. The molecule has 2 aromatic rings. The number of nitrogens with one attached hydrogen (secondary N) is 1. The monoisotopic (exact) mass is 290 g/mol. The summed E-state index contributed by atoms with van der Waals surface area (Å²) in [5, 5.41) is 13.5. The summed E-state index contributed by atoms with van der Waals surface area (Å²) in [5.41, 5.74) is 2.65. The van der Waals surface area contributed by atoms with Gasteiger partial charge in [0.2, 0.25) is 0 Å². The zero-order valence-corrected chi connectivity index (χ0v) is 13.2. The van der Waals surface area contributed by atoms with E-state index in [0.29, 0.717) is 13.2 Å². The number of nitrogens with zero attached hydrogens (tertiary/aromatic N) is 1. The molecular formula is C17H26N2O2. The summed E-state index contributed by atoms with van der Waals surface area (Å²) in [5.74, 6) is 0. The molecule has 2 N–H and O–H groups in total. The molecule has 0 fully saturated rings. The van der Waals surface area contributed by atoms with Gasteiger partial charge in [-0.25, -0.2) is 0 Å². The van der Waals surface area contributed by atoms with E-state index in [9.17, 15) is 0 Å². The van der Waals surface area contributed by atoms with Gasteiger partial charge in [0.15, 0.2) is 0 Å². The summed E-state index contributed by atoms with van der Waals surface area (Å²) >= 11 is 0. The van der Waals surface area contributed by atoms with Crippen LogP contribution in [0.25, 0.3) is 10.9 Å². The zero-order valence-electron chi connectivity index (χ0n) is 13.2. The van der Waals surface area contributed by atoms with Gasteiger partial charge in [-0.1, -0.05) is 6.07 Å². The molecule has 0 radical (unpaired) electrons. The van der Waals surface area contributed by atoms with Crippen molar-refractivity contribution >= 4 is 10.9 Å². The van der Waals surface area contributed by atoms with Gasteiger partial charge < -0.3 is 19.7 Å². The fourth-order valence-electron chi connectivity index (χ4n) is 2.25. The molecule has 116 valence electrons. The fraction of sp³-hybridized carbons (Fsp3) is 0.529. The lowest BCUT2D eigenvalue weighted by atomic mass is 10.1. The van der Waals surface area contributed by atoms with Crippen molar-refractivity contribution in [1.82, 2.24) is 9.88 Å². The van der Waals surface area contributed by atoms with Crippen molar-refractivity contribution in [2.24, 2.45) is 0 Å². The Hall–Kier alpha value is -1.36. The van der Waals surface area contributed by atoms with Crippen molar-refractivity contribution in [2.75, 3.05) is 19.8 Å². The Kier molecular flexibility index (Phi) is 5.39.